The molecular formula is C13H11FN4O2S. The van der Waals surface area contributed by atoms with Crippen molar-refractivity contribution in [2.75, 3.05) is 4.72 Å². The van der Waals surface area contributed by atoms with Crippen LogP contribution >= 0.6 is 0 Å². The van der Waals surface area contributed by atoms with Crippen molar-refractivity contribution < 1.29 is 12.8 Å². The number of sulfonamides is 1. The van der Waals surface area contributed by atoms with E-state index in [1.165, 1.54) is 12.1 Å². The number of hydrogen-bond donors (Lipinski definition) is 2. The number of H-pyrrole nitrogens is 1. The summed E-state index contributed by atoms with van der Waals surface area (Å²) in [5, 5.41) is 7.14. The fraction of sp³-hybridized carbons (Fsp3) is 0.0769. The van der Waals surface area contributed by atoms with Crippen LogP contribution in [0.1, 0.15) is 5.69 Å². The number of anilines is 1. The Morgan fingerprint density at radius 3 is 2.57 bits per heavy atom. The molecule has 8 heteroatoms. The standard InChI is InChI=1S/C13H11FN4O2S/c1-8-2-7-11-12(15-8)16-17-13(11)18-21(19,20)10-5-3-9(14)4-6-10/h2-7H,1H3,(H2,15,16,17,18). The van der Waals surface area contributed by atoms with Gasteiger partial charge in [0, 0.05) is 5.69 Å². The minimum atomic E-state index is -3.83. The number of rotatable bonds is 3. The third kappa shape index (κ3) is 2.57. The SMILES string of the molecule is Cc1ccc2c(NS(=O)(=O)c3ccc(F)cc3)n[nH]c2n1. The van der Waals surface area contributed by atoms with Gasteiger partial charge in [-0.1, -0.05) is 0 Å². The van der Waals surface area contributed by atoms with Gasteiger partial charge in [-0.25, -0.2) is 17.8 Å². The molecule has 0 spiro atoms. The van der Waals surface area contributed by atoms with Gasteiger partial charge in [-0.2, -0.15) is 5.10 Å². The Hall–Kier alpha value is -2.48. The van der Waals surface area contributed by atoms with Crippen molar-refractivity contribution in [3.8, 4) is 0 Å². The summed E-state index contributed by atoms with van der Waals surface area (Å²) in [6, 6.07) is 8.03. The zero-order chi connectivity index (χ0) is 15.0. The van der Waals surface area contributed by atoms with E-state index in [2.05, 4.69) is 19.9 Å². The number of pyridine rings is 1. The normalized spacial score (nSPS) is 11.7. The molecular weight excluding hydrogens is 295 g/mol. The number of hydrogen-bond acceptors (Lipinski definition) is 4. The Balaban J connectivity index is 1.99. The van der Waals surface area contributed by atoms with Gasteiger partial charge in [0.2, 0.25) is 0 Å². The van der Waals surface area contributed by atoms with E-state index in [4.69, 9.17) is 0 Å². The van der Waals surface area contributed by atoms with Gasteiger partial charge in [-0.3, -0.25) is 9.82 Å². The number of benzene rings is 1. The molecule has 3 rings (SSSR count). The molecule has 0 aliphatic carbocycles. The summed E-state index contributed by atoms with van der Waals surface area (Å²) < 4.78 is 39.6. The molecule has 0 saturated carbocycles. The number of aromatic amines is 1. The zero-order valence-electron chi connectivity index (χ0n) is 11.0. The molecule has 0 fully saturated rings. The van der Waals surface area contributed by atoms with Crippen LogP contribution in [0.15, 0.2) is 41.3 Å². The van der Waals surface area contributed by atoms with Crippen LogP contribution < -0.4 is 4.72 Å². The zero-order valence-corrected chi connectivity index (χ0v) is 11.8. The van der Waals surface area contributed by atoms with Crippen LogP contribution in [0.2, 0.25) is 0 Å². The highest BCUT2D eigenvalue weighted by atomic mass is 32.2. The molecule has 0 bridgehead atoms. The van der Waals surface area contributed by atoms with E-state index >= 15 is 0 Å². The minimum Gasteiger partial charge on any atom is -0.261 e. The number of aromatic nitrogens is 3. The molecule has 1 aromatic carbocycles. The summed E-state index contributed by atoms with van der Waals surface area (Å²) >= 11 is 0. The van der Waals surface area contributed by atoms with E-state index in [1.807, 2.05) is 6.92 Å². The van der Waals surface area contributed by atoms with Crippen LogP contribution in [0.5, 0.6) is 0 Å². The second kappa shape index (κ2) is 4.81. The molecule has 0 atom stereocenters. The lowest BCUT2D eigenvalue weighted by molar-refractivity contribution is 0.599. The topological polar surface area (TPSA) is 87.7 Å². The van der Waals surface area contributed by atoms with Crippen molar-refractivity contribution in [3.05, 3.63) is 47.9 Å². The first kappa shape index (κ1) is 13.5. The van der Waals surface area contributed by atoms with Gasteiger partial charge in [0.05, 0.1) is 10.3 Å². The van der Waals surface area contributed by atoms with E-state index in [-0.39, 0.29) is 10.7 Å². The van der Waals surface area contributed by atoms with Crippen molar-refractivity contribution in [3.63, 3.8) is 0 Å². The van der Waals surface area contributed by atoms with E-state index in [1.54, 1.807) is 12.1 Å². The summed E-state index contributed by atoms with van der Waals surface area (Å²) in [5.74, 6) is -0.347. The molecule has 0 amide bonds. The quantitative estimate of drug-likeness (QED) is 0.776. The Bertz CT molecular complexity index is 904. The fourth-order valence-corrected chi connectivity index (χ4v) is 2.90. The van der Waals surface area contributed by atoms with Crippen LogP contribution in [-0.2, 0) is 10.0 Å². The molecule has 6 nitrogen and oxygen atoms in total. The average Bonchev–Trinajstić information content (AvgIpc) is 2.81. The molecule has 0 saturated heterocycles. The predicted molar refractivity (Wildman–Crippen MR) is 75.8 cm³/mol. The Morgan fingerprint density at radius 2 is 1.86 bits per heavy atom. The monoisotopic (exact) mass is 306 g/mol. The van der Waals surface area contributed by atoms with Gasteiger partial charge in [0.1, 0.15) is 5.82 Å². The van der Waals surface area contributed by atoms with Gasteiger partial charge >= 0.3 is 0 Å². The molecule has 21 heavy (non-hydrogen) atoms. The molecule has 0 aliphatic rings. The molecule has 0 aliphatic heterocycles. The Kier molecular flexibility index (Phi) is 3.09. The summed E-state index contributed by atoms with van der Waals surface area (Å²) in [4.78, 5) is 4.17. The fourth-order valence-electron chi connectivity index (χ4n) is 1.88. The van der Waals surface area contributed by atoms with E-state index in [9.17, 15) is 12.8 Å². The van der Waals surface area contributed by atoms with Gasteiger partial charge in [-0.15, -0.1) is 0 Å². The van der Waals surface area contributed by atoms with Crippen LogP contribution in [0.3, 0.4) is 0 Å². The molecule has 0 unspecified atom stereocenters. The maximum atomic E-state index is 12.9. The van der Waals surface area contributed by atoms with E-state index in [0.717, 1.165) is 17.8 Å². The Morgan fingerprint density at radius 1 is 1.14 bits per heavy atom. The van der Waals surface area contributed by atoms with Crippen molar-refractivity contribution >= 4 is 26.9 Å². The second-order valence-corrected chi connectivity index (χ2v) is 6.16. The minimum absolute atomic E-state index is 0.0416. The highest BCUT2D eigenvalue weighted by Gasteiger charge is 2.17. The smallest absolute Gasteiger partial charge is 0.261 e. The highest BCUT2D eigenvalue weighted by Crippen LogP contribution is 2.22. The van der Waals surface area contributed by atoms with Crippen LogP contribution in [0.4, 0.5) is 10.2 Å². The molecule has 2 aromatic heterocycles. The van der Waals surface area contributed by atoms with E-state index < -0.39 is 15.8 Å². The largest absolute Gasteiger partial charge is 0.263 e. The lowest BCUT2D eigenvalue weighted by atomic mass is 10.3. The summed E-state index contributed by atoms with van der Waals surface area (Å²) in [6.45, 7) is 1.82. The van der Waals surface area contributed by atoms with Crippen LogP contribution in [0.25, 0.3) is 11.0 Å². The summed E-state index contributed by atoms with van der Waals surface area (Å²) in [6.07, 6.45) is 0. The van der Waals surface area contributed by atoms with Crippen molar-refractivity contribution in [1.82, 2.24) is 15.2 Å². The number of fused-ring (bicyclic) bond motifs is 1. The van der Waals surface area contributed by atoms with Gasteiger partial charge < -0.3 is 0 Å². The third-order valence-electron chi connectivity index (χ3n) is 2.92. The maximum Gasteiger partial charge on any atom is 0.263 e. The third-order valence-corrected chi connectivity index (χ3v) is 4.27. The summed E-state index contributed by atoms with van der Waals surface area (Å²) in [5.41, 5.74) is 1.28. The van der Waals surface area contributed by atoms with Gasteiger partial charge in [0.25, 0.3) is 10.0 Å². The summed E-state index contributed by atoms with van der Waals surface area (Å²) in [7, 11) is -3.83. The predicted octanol–water partition coefficient (Wildman–Crippen LogP) is 2.21. The molecule has 3 aromatic rings. The van der Waals surface area contributed by atoms with Crippen molar-refractivity contribution in [2.24, 2.45) is 0 Å². The molecule has 2 N–H and O–H groups in total. The van der Waals surface area contributed by atoms with Gasteiger partial charge in [0.15, 0.2) is 11.5 Å². The molecule has 0 radical (unpaired) electrons. The lowest BCUT2D eigenvalue weighted by Gasteiger charge is -2.05. The average molecular weight is 306 g/mol. The van der Waals surface area contributed by atoms with Gasteiger partial charge in [-0.05, 0) is 43.3 Å². The molecule has 108 valence electrons. The first-order valence-corrected chi connectivity index (χ1v) is 7.54. The highest BCUT2D eigenvalue weighted by molar-refractivity contribution is 7.92. The lowest BCUT2D eigenvalue weighted by Crippen LogP contribution is -2.13. The number of nitrogens with one attached hydrogen (secondary N) is 2. The molecule has 2 heterocycles. The van der Waals surface area contributed by atoms with Crippen molar-refractivity contribution in [1.29, 1.82) is 0 Å². The number of aryl methyl sites for hydroxylation is 1. The van der Waals surface area contributed by atoms with Crippen LogP contribution in [-0.4, -0.2) is 23.6 Å². The number of halogens is 1. The Labute approximate surface area is 120 Å². The first-order valence-electron chi connectivity index (χ1n) is 6.06. The van der Waals surface area contributed by atoms with E-state index in [0.29, 0.717) is 11.0 Å². The van der Waals surface area contributed by atoms with Crippen LogP contribution in [0, 0.1) is 12.7 Å². The van der Waals surface area contributed by atoms with Crippen molar-refractivity contribution in [2.45, 2.75) is 11.8 Å². The second-order valence-electron chi connectivity index (χ2n) is 4.48. The maximum absolute atomic E-state index is 12.9. The first-order chi connectivity index (χ1) is 9.95. The number of nitrogens with zero attached hydrogens (tertiary/aromatic N) is 2.